The van der Waals surface area contributed by atoms with Crippen LogP contribution >= 0.6 is 0 Å². The van der Waals surface area contributed by atoms with Gasteiger partial charge >= 0.3 is 0 Å². The van der Waals surface area contributed by atoms with E-state index in [0.29, 0.717) is 23.1 Å². The second-order valence-corrected chi connectivity index (χ2v) is 10.5. The maximum absolute atomic E-state index is 13.4. The number of rotatable bonds is 6. The zero-order valence-corrected chi connectivity index (χ0v) is 21.7. The molecule has 0 saturated carbocycles. The number of aryl methyl sites for hydroxylation is 2. The van der Waals surface area contributed by atoms with Crippen LogP contribution in [0.4, 0.5) is 0 Å². The number of fused-ring (bicyclic) bond motifs is 1. The molecule has 1 amide bonds. The Morgan fingerprint density at radius 1 is 1.08 bits per heavy atom. The van der Waals surface area contributed by atoms with Crippen LogP contribution < -0.4 is 10.9 Å². The normalized spacial score (nSPS) is 18.1. The number of hydrogen-bond donors (Lipinski definition) is 2. The second-order valence-electron chi connectivity index (χ2n) is 10.5. The molecule has 0 radical (unpaired) electrons. The number of piperidine rings is 1. The summed E-state index contributed by atoms with van der Waals surface area (Å²) in [4.78, 5) is 31.3. The van der Waals surface area contributed by atoms with Gasteiger partial charge < -0.3 is 24.5 Å². The number of carbonyl (C=O) groups is 1. The molecule has 0 bridgehead atoms. The van der Waals surface area contributed by atoms with Crippen LogP contribution in [0.5, 0.6) is 0 Å². The molecule has 4 heterocycles. The molecule has 0 unspecified atom stereocenters. The Balaban J connectivity index is 1.32. The lowest BCUT2D eigenvalue weighted by molar-refractivity contribution is 0.0200. The van der Waals surface area contributed by atoms with E-state index in [1.54, 1.807) is 0 Å². The number of benzene rings is 1. The summed E-state index contributed by atoms with van der Waals surface area (Å²) >= 11 is 0. The Morgan fingerprint density at radius 3 is 2.53 bits per heavy atom. The number of aromatic nitrogens is 2. The number of hydrogen-bond acceptors (Lipinski definition) is 4. The van der Waals surface area contributed by atoms with Crippen molar-refractivity contribution in [1.29, 1.82) is 0 Å². The Kier molecular flexibility index (Phi) is 7.30. The molecule has 36 heavy (non-hydrogen) atoms. The molecule has 192 valence electrons. The summed E-state index contributed by atoms with van der Waals surface area (Å²) in [6, 6.07) is 10.8. The van der Waals surface area contributed by atoms with E-state index in [2.05, 4.69) is 32.8 Å². The molecule has 2 saturated heterocycles. The first kappa shape index (κ1) is 24.8. The fourth-order valence-corrected chi connectivity index (χ4v) is 6.12. The van der Waals surface area contributed by atoms with Crippen molar-refractivity contribution in [2.75, 3.05) is 26.3 Å². The lowest BCUT2D eigenvalue weighted by Gasteiger charge is -2.39. The van der Waals surface area contributed by atoms with Crippen LogP contribution in [-0.4, -0.2) is 52.7 Å². The SMILES string of the molecule is Cc1cc(C)c(CNC(=O)c2c(C)n(CC3CCN(C4CCOCC4)CC3)c3ccccc23)c(=O)[nH]1. The van der Waals surface area contributed by atoms with Crippen LogP contribution in [-0.2, 0) is 17.8 Å². The largest absolute Gasteiger partial charge is 0.381 e. The summed E-state index contributed by atoms with van der Waals surface area (Å²) in [5, 5.41) is 3.99. The lowest BCUT2D eigenvalue weighted by atomic mass is 9.94. The number of nitrogens with one attached hydrogen (secondary N) is 2. The van der Waals surface area contributed by atoms with E-state index in [-0.39, 0.29) is 18.0 Å². The molecule has 2 aliphatic heterocycles. The van der Waals surface area contributed by atoms with E-state index >= 15 is 0 Å². The second kappa shape index (κ2) is 10.6. The van der Waals surface area contributed by atoms with E-state index in [1.807, 2.05) is 38.1 Å². The summed E-state index contributed by atoms with van der Waals surface area (Å²) < 4.78 is 7.88. The number of amides is 1. The maximum atomic E-state index is 13.4. The third-order valence-electron chi connectivity index (χ3n) is 8.17. The monoisotopic (exact) mass is 490 g/mol. The minimum atomic E-state index is -0.140. The van der Waals surface area contributed by atoms with Gasteiger partial charge in [-0.25, -0.2) is 0 Å². The van der Waals surface area contributed by atoms with Gasteiger partial charge in [0.15, 0.2) is 0 Å². The minimum absolute atomic E-state index is 0.129. The van der Waals surface area contributed by atoms with Gasteiger partial charge in [0.05, 0.1) is 5.56 Å². The number of aromatic amines is 1. The molecule has 0 spiro atoms. The van der Waals surface area contributed by atoms with Crippen LogP contribution in [0, 0.1) is 26.7 Å². The Hall–Kier alpha value is -2.90. The van der Waals surface area contributed by atoms with Gasteiger partial charge in [-0.05, 0) is 83.2 Å². The summed E-state index contributed by atoms with van der Waals surface area (Å²) in [7, 11) is 0. The van der Waals surface area contributed by atoms with E-state index in [4.69, 9.17) is 4.74 Å². The van der Waals surface area contributed by atoms with Crippen molar-refractivity contribution in [3.8, 4) is 0 Å². The molecular formula is C29H38N4O3. The van der Waals surface area contributed by atoms with E-state index in [9.17, 15) is 9.59 Å². The molecular weight excluding hydrogens is 452 g/mol. The maximum Gasteiger partial charge on any atom is 0.254 e. The number of H-pyrrole nitrogens is 1. The van der Waals surface area contributed by atoms with Crippen LogP contribution in [0.25, 0.3) is 10.9 Å². The first-order valence-electron chi connectivity index (χ1n) is 13.3. The molecule has 2 aromatic heterocycles. The van der Waals surface area contributed by atoms with Crippen molar-refractivity contribution in [3.05, 3.63) is 68.8 Å². The van der Waals surface area contributed by atoms with Crippen LogP contribution in [0.1, 0.15) is 58.6 Å². The van der Waals surface area contributed by atoms with Gasteiger partial charge in [-0.1, -0.05) is 18.2 Å². The molecule has 3 aromatic rings. The molecule has 0 atom stereocenters. The lowest BCUT2D eigenvalue weighted by Crippen LogP contribution is -2.44. The van der Waals surface area contributed by atoms with E-state index in [1.165, 1.54) is 12.8 Å². The Bertz CT molecular complexity index is 1290. The summed E-state index contributed by atoms with van der Waals surface area (Å²) in [6.07, 6.45) is 4.66. The van der Waals surface area contributed by atoms with Crippen LogP contribution in [0.3, 0.4) is 0 Å². The van der Waals surface area contributed by atoms with Gasteiger partial charge in [0, 0.05) is 60.2 Å². The highest BCUT2D eigenvalue weighted by atomic mass is 16.5. The Labute approximate surface area is 212 Å². The van der Waals surface area contributed by atoms with Gasteiger partial charge in [0.2, 0.25) is 0 Å². The molecule has 5 rings (SSSR count). The third kappa shape index (κ3) is 5.00. The van der Waals surface area contributed by atoms with Gasteiger partial charge in [-0.15, -0.1) is 0 Å². The molecule has 2 fully saturated rings. The van der Waals surface area contributed by atoms with Crippen molar-refractivity contribution < 1.29 is 9.53 Å². The molecule has 0 aliphatic carbocycles. The van der Waals surface area contributed by atoms with Crippen molar-refractivity contribution in [3.63, 3.8) is 0 Å². The number of pyridine rings is 1. The number of likely N-dealkylation sites (tertiary alicyclic amines) is 1. The number of carbonyl (C=O) groups excluding carboxylic acids is 1. The average Bonchev–Trinajstić information content (AvgIpc) is 3.15. The molecule has 7 heteroatoms. The predicted octanol–water partition coefficient (Wildman–Crippen LogP) is 4.08. The first-order chi connectivity index (χ1) is 17.4. The van der Waals surface area contributed by atoms with Crippen LogP contribution in [0.15, 0.2) is 35.1 Å². The van der Waals surface area contributed by atoms with Gasteiger partial charge in [0.1, 0.15) is 0 Å². The minimum Gasteiger partial charge on any atom is -0.381 e. The predicted molar refractivity (Wildman–Crippen MR) is 143 cm³/mol. The Morgan fingerprint density at radius 2 is 1.81 bits per heavy atom. The van der Waals surface area contributed by atoms with Gasteiger partial charge in [-0.3, -0.25) is 9.59 Å². The third-order valence-corrected chi connectivity index (χ3v) is 8.17. The zero-order chi connectivity index (χ0) is 25.2. The molecule has 7 nitrogen and oxygen atoms in total. The quantitative estimate of drug-likeness (QED) is 0.546. The zero-order valence-electron chi connectivity index (χ0n) is 21.7. The fourth-order valence-electron chi connectivity index (χ4n) is 6.12. The highest BCUT2D eigenvalue weighted by molar-refractivity contribution is 6.08. The van der Waals surface area contributed by atoms with Gasteiger partial charge in [0.25, 0.3) is 11.5 Å². The highest BCUT2D eigenvalue weighted by Gasteiger charge is 2.28. The van der Waals surface area contributed by atoms with Gasteiger partial charge in [-0.2, -0.15) is 0 Å². The van der Waals surface area contributed by atoms with E-state index in [0.717, 1.165) is 73.5 Å². The van der Waals surface area contributed by atoms with Crippen LogP contribution in [0.2, 0.25) is 0 Å². The molecule has 2 N–H and O–H groups in total. The molecule has 2 aliphatic rings. The number of para-hydroxylation sites is 1. The summed E-state index contributed by atoms with van der Waals surface area (Å²) in [5.74, 6) is 0.469. The van der Waals surface area contributed by atoms with Crippen molar-refractivity contribution in [2.45, 2.75) is 65.6 Å². The average molecular weight is 491 g/mol. The number of nitrogens with zero attached hydrogens (tertiary/aromatic N) is 2. The summed E-state index contributed by atoms with van der Waals surface area (Å²) in [5.41, 5.74) is 5.00. The standard InChI is InChI=1S/C29H38N4O3/c1-19-16-20(2)31-28(34)25(19)17-30-29(35)27-21(3)33(26-7-5-4-6-24(26)27)18-22-8-12-32(13-9-22)23-10-14-36-15-11-23/h4-7,16,22-23H,8-15,17-18H2,1-3H3,(H,30,35)(H,31,34). The van der Waals surface area contributed by atoms with Crippen molar-refractivity contribution in [1.82, 2.24) is 19.8 Å². The smallest absolute Gasteiger partial charge is 0.254 e. The summed E-state index contributed by atoms with van der Waals surface area (Å²) in [6.45, 7) is 11.0. The van der Waals surface area contributed by atoms with Crippen molar-refractivity contribution >= 4 is 16.8 Å². The first-order valence-corrected chi connectivity index (χ1v) is 13.3. The van der Waals surface area contributed by atoms with E-state index < -0.39 is 0 Å². The topological polar surface area (TPSA) is 79.4 Å². The molecule has 1 aromatic carbocycles. The number of ether oxygens (including phenoxy) is 1. The highest BCUT2D eigenvalue weighted by Crippen LogP contribution is 2.30. The fraction of sp³-hybridized carbons (Fsp3) is 0.517. The van der Waals surface area contributed by atoms with Crippen molar-refractivity contribution in [2.24, 2.45) is 5.92 Å².